The van der Waals surface area contributed by atoms with Crippen LogP contribution in [-0.2, 0) is 4.74 Å². The van der Waals surface area contributed by atoms with Crippen LogP contribution in [0.4, 0.5) is 10.5 Å². The second-order valence-corrected chi connectivity index (χ2v) is 10.5. The van der Waals surface area contributed by atoms with E-state index in [1.165, 1.54) is 11.3 Å². The molecular formula is C25H25IN4O3S2. The number of ether oxygens (including phenoxy) is 1. The van der Waals surface area contributed by atoms with Gasteiger partial charge in [0.05, 0.1) is 11.6 Å². The predicted octanol–water partition coefficient (Wildman–Crippen LogP) is 5.88. The Balaban J connectivity index is 1.37. The molecular weight excluding hydrogens is 595 g/mol. The van der Waals surface area contributed by atoms with E-state index >= 15 is 0 Å². The van der Waals surface area contributed by atoms with Crippen molar-refractivity contribution in [2.24, 2.45) is 0 Å². The fourth-order valence-electron chi connectivity index (χ4n) is 3.90. The Morgan fingerprint density at radius 1 is 1.17 bits per heavy atom. The second-order valence-electron chi connectivity index (χ2n) is 7.99. The zero-order valence-corrected chi connectivity index (χ0v) is 22.9. The summed E-state index contributed by atoms with van der Waals surface area (Å²) >= 11 is 9.11. The van der Waals surface area contributed by atoms with Gasteiger partial charge in [0.15, 0.2) is 5.11 Å². The van der Waals surface area contributed by atoms with Crippen LogP contribution >= 0.6 is 46.1 Å². The van der Waals surface area contributed by atoms with E-state index in [2.05, 4.69) is 38.2 Å². The Labute approximate surface area is 227 Å². The van der Waals surface area contributed by atoms with Crippen LogP contribution in [0.3, 0.4) is 0 Å². The first-order chi connectivity index (χ1) is 16.9. The average Bonchev–Trinajstić information content (AvgIpc) is 3.36. The number of thiocarbonyl (C=S) groups is 1. The molecule has 2 heterocycles. The summed E-state index contributed by atoms with van der Waals surface area (Å²) in [5, 5.41) is 8.78. The van der Waals surface area contributed by atoms with E-state index < -0.39 is 6.09 Å². The van der Waals surface area contributed by atoms with Crippen LogP contribution in [0.5, 0.6) is 0 Å². The molecule has 182 valence electrons. The maximum absolute atomic E-state index is 13.0. The summed E-state index contributed by atoms with van der Waals surface area (Å²) in [5.41, 5.74) is 3.18. The second kappa shape index (κ2) is 11.9. The normalized spacial score (nSPS) is 13.8. The van der Waals surface area contributed by atoms with E-state index in [0.29, 0.717) is 30.5 Å². The third kappa shape index (κ3) is 6.56. The Morgan fingerprint density at radius 3 is 2.60 bits per heavy atom. The number of carbonyl (C=O) groups is 2. The first kappa shape index (κ1) is 25.5. The number of piperidine rings is 1. The molecule has 1 aliphatic rings. The number of halogens is 1. The smallest absolute Gasteiger partial charge is 0.413 e. The highest BCUT2D eigenvalue weighted by Crippen LogP contribution is 2.32. The van der Waals surface area contributed by atoms with Gasteiger partial charge in [0, 0.05) is 39.2 Å². The number of carbonyl (C=O) groups excluding carboxylic acids is 2. The molecule has 1 fully saturated rings. The molecule has 4 rings (SSSR count). The average molecular weight is 621 g/mol. The van der Waals surface area contributed by atoms with Gasteiger partial charge in [-0.15, -0.1) is 11.3 Å². The van der Waals surface area contributed by atoms with Crippen LogP contribution in [0.15, 0.2) is 53.9 Å². The topological polar surface area (TPSA) is 83.6 Å². The number of benzene rings is 2. The molecule has 1 aromatic heterocycles. The lowest BCUT2D eigenvalue weighted by Crippen LogP contribution is -2.46. The van der Waals surface area contributed by atoms with Gasteiger partial charge in [-0.3, -0.25) is 10.1 Å². The largest absolute Gasteiger partial charge is 0.450 e. The molecule has 2 amide bonds. The number of amides is 2. The summed E-state index contributed by atoms with van der Waals surface area (Å²) in [4.78, 5) is 31.2. The summed E-state index contributed by atoms with van der Waals surface area (Å²) in [6.45, 7) is 3.47. The van der Waals surface area contributed by atoms with Gasteiger partial charge < -0.3 is 15.0 Å². The van der Waals surface area contributed by atoms with Crippen LogP contribution in [0.25, 0.3) is 11.1 Å². The Kier molecular flexibility index (Phi) is 8.69. The SMILES string of the molecule is CCOC(=O)NC(=S)N1CCC(c2nc(C(=O)Nc3ccccc3-c3ccc(I)cc3)cs2)CC1. The van der Waals surface area contributed by atoms with E-state index in [-0.39, 0.29) is 11.8 Å². The van der Waals surface area contributed by atoms with Crippen molar-refractivity contribution >= 4 is 68.9 Å². The van der Waals surface area contributed by atoms with Crippen molar-refractivity contribution in [3.05, 3.63) is 68.2 Å². The van der Waals surface area contributed by atoms with E-state index in [1.807, 2.05) is 58.8 Å². The lowest BCUT2D eigenvalue weighted by Gasteiger charge is -2.32. The van der Waals surface area contributed by atoms with Crippen molar-refractivity contribution in [1.82, 2.24) is 15.2 Å². The van der Waals surface area contributed by atoms with Crippen molar-refractivity contribution in [3.8, 4) is 11.1 Å². The molecule has 2 aromatic carbocycles. The number of anilines is 1. The molecule has 0 aliphatic carbocycles. The Hall–Kier alpha value is -2.57. The first-order valence-corrected chi connectivity index (χ1v) is 13.7. The number of thiazole rings is 1. The van der Waals surface area contributed by atoms with Crippen LogP contribution in [0.1, 0.15) is 41.2 Å². The summed E-state index contributed by atoms with van der Waals surface area (Å²) in [6, 6.07) is 16.0. The number of para-hydroxylation sites is 1. The zero-order chi connectivity index (χ0) is 24.8. The van der Waals surface area contributed by atoms with Gasteiger partial charge in [-0.25, -0.2) is 9.78 Å². The van der Waals surface area contributed by atoms with Crippen LogP contribution in [0.2, 0.25) is 0 Å². The molecule has 0 spiro atoms. The molecule has 10 heteroatoms. The molecule has 7 nitrogen and oxygen atoms in total. The summed E-state index contributed by atoms with van der Waals surface area (Å²) in [5.74, 6) is 0.0324. The molecule has 0 bridgehead atoms. The van der Waals surface area contributed by atoms with E-state index in [4.69, 9.17) is 17.0 Å². The minimum Gasteiger partial charge on any atom is -0.450 e. The molecule has 3 aromatic rings. The van der Waals surface area contributed by atoms with Gasteiger partial charge in [-0.2, -0.15) is 0 Å². The minimum absolute atomic E-state index is 0.220. The number of rotatable bonds is 5. The first-order valence-electron chi connectivity index (χ1n) is 11.3. The van der Waals surface area contributed by atoms with Crippen LogP contribution in [-0.4, -0.2) is 46.7 Å². The third-order valence-corrected chi connectivity index (χ3v) is 7.79. The summed E-state index contributed by atoms with van der Waals surface area (Å²) < 4.78 is 6.05. The summed E-state index contributed by atoms with van der Waals surface area (Å²) in [7, 11) is 0. The fourth-order valence-corrected chi connectivity index (χ4v) is 5.50. The van der Waals surface area contributed by atoms with Crippen molar-refractivity contribution in [1.29, 1.82) is 0 Å². The molecule has 0 unspecified atom stereocenters. The van der Waals surface area contributed by atoms with E-state index in [1.54, 1.807) is 6.92 Å². The predicted molar refractivity (Wildman–Crippen MR) is 151 cm³/mol. The fraction of sp³-hybridized carbons (Fsp3) is 0.280. The number of likely N-dealkylation sites (tertiary alicyclic amines) is 1. The van der Waals surface area contributed by atoms with Gasteiger partial charge in [0.1, 0.15) is 5.69 Å². The molecule has 0 atom stereocenters. The quantitative estimate of drug-likeness (QED) is 0.274. The van der Waals surface area contributed by atoms with Gasteiger partial charge in [-0.05, 0) is 78.3 Å². The lowest BCUT2D eigenvalue weighted by molar-refractivity contribution is 0.102. The Morgan fingerprint density at radius 2 is 1.89 bits per heavy atom. The number of alkyl carbamates (subject to hydrolysis) is 1. The highest BCUT2D eigenvalue weighted by atomic mass is 127. The van der Waals surface area contributed by atoms with Crippen molar-refractivity contribution < 1.29 is 14.3 Å². The number of nitrogens with zero attached hydrogens (tertiary/aromatic N) is 2. The zero-order valence-electron chi connectivity index (χ0n) is 19.1. The van der Waals surface area contributed by atoms with Crippen LogP contribution < -0.4 is 10.6 Å². The monoisotopic (exact) mass is 620 g/mol. The number of aromatic nitrogens is 1. The Bertz CT molecular complexity index is 1210. The van der Waals surface area contributed by atoms with Gasteiger partial charge >= 0.3 is 6.09 Å². The molecule has 35 heavy (non-hydrogen) atoms. The summed E-state index contributed by atoms with van der Waals surface area (Å²) in [6.07, 6.45) is 1.16. The van der Waals surface area contributed by atoms with E-state index in [0.717, 1.165) is 38.2 Å². The third-order valence-electron chi connectivity index (χ3n) is 5.70. The molecule has 1 saturated heterocycles. The molecule has 2 N–H and O–H groups in total. The highest BCUT2D eigenvalue weighted by molar-refractivity contribution is 14.1. The standard InChI is InChI=1S/C25H25IN4O3S2/c1-2-33-25(32)29-24(34)30-13-11-17(12-14-30)23-28-21(15-35-23)22(31)27-20-6-4-3-5-19(20)16-7-9-18(26)10-8-16/h3-10,15,17H,2,11-14H2,1H3,(H,27,31)(H,29,32,34). The number of nitrogens with one attached hydrogen (secondary N) is 2. The van der Waals surface area contributed by atoms with Crippen molar-refractivity contribution in [2.45, 2.75) is 25.7 Å². The molecule has 1 aliphatic heterocycles. The van der Waals surface area contributed by atoms with Crippen molar-refractivity contribution in [2.75, 3.05) is 25.0 Å². The van der Waals surface area contributed by atoms with Crippen LogP contribution in [0, 0.1) is 3.57 Å². The van der Waals surface area contributed by atoms with Crippen molar-refractivity contribution in [3.63, 3.8) is 0 Å². The highest BCUT2D eigenvalue weighted by Gasteiger charge is 2.26. The molecule has 0 saturated carbocycles. The lowest BCUT2D eigenvalue weighted by atomic mass is 9.98. The number of hydrogen-bond acceptors (Lipinski definition) is 6. The van der Waals surface area contributed by atoms with E-state index in [9.17, 15) is 9.59 Å². The molecule has 0 radical (unpaired) electrons. The van der Waals surface area contributed by atoms with Gasteiger partial charge in [0.2, 0.25) is 0 Å². The van der Waals surface area contributed by atoms with Gasteiger partial charge in [-0.1, -0.05) is 30.3 Å². The maximum Gasteiger partial charge on any atom is 0.413 e. The minimum atomic E-state index is -0.529. The van der Waals surface area contributed by atoms with Gasteiger partial charge in [0.25, 0.3) is 5.91 Å². The maximum atomic E-state index is 13.0. The number of hydrogen-bond donors (Lipinski definition) is 2.